The highest BCUT2D eigenvalue weighted by Crippen LogP contribution is 2.50. The van der Waals surface area contributed by atoms with Crippen molar-refractivity contribution in [2.24, 2.45) is 5.92 Å². The van der Waals surface area contributed by atoms with Crippen LogP contribution in [0.4, 0.5) is 27.8 Å². The summed E-state index contributed by atoms with van der Waals surface area (Å²) in [4.78, 5) is 6.41. The lowest BCUT2D eigenvalue weighted by Gasteiger charge is -2.35. The van der Waals surface area contributed by atoms with Crippen LogP contribution in [-0.2, 0) is 13.1 Å². The maximum Gasteiger partial charge on any atom is 0.391 e. The molecule has 212 valence electrons. The largest absolute Gasteiger partial charge is 0.497 e. The van der Waals surface area contributed by atoms with Crippen LogP contribution in [0.15, 0.2) is 60.9 Å². The van der Waals surface area contributed by atoms with Crippen molar-refractivity contribution in [2.75, 3.05) is 19.1 Å². The normalized spacial score (nSPS) is 19.0. The maximum absolute atomic E-state index is 15.0. The second kappa shape index (κ2) is 10.9. The molecule has 2 aromatic carbocycles. The van der Waals surface area contributed by atoms with Crippen molar-refractivity contribution in [3.8, 4) is 11.5 Å². The van der Waals surface area contributed by atoms with Crippen LogP contribution in [0.1, 0.15) is 42.1 Å². The van der Waals surface area contributed by atoms with Gasteiger partial charge in [0.15, 0.2) is 5.82 Å². The smallest absolute Gasteiger partial charge is 0.391 e. The van der Waals surface area contributed by atoms with Gasteiger partial charge in [0.25, 0.3) is 5.92 Å². The summed E-state index contributed by atoms with van der Waals surface area (Å²) >= 11 is 0. The minimum absolute atomic E-state index is 0.185. The van der Waals surface area contributed by atoms with E-state index in [2.05, 4.69) is 15.2 Å². The van der Waals surface area contributed by atoms with Crippen LogP contribution in [0.5, 0.6) is 11.5 Å². The quantitative estimate of drug-likeness (QED) is 0.231. The lowest BCUT2D eigenvalue weighted by atomic mass is 9.78. The van der Waals surface area contributed by atoms with E-state index in [4.69, 9.17) is 9.47 Å². The molecule has 5 rings (SSSR count). The van der Waals surface area contributed by atoms with Gasteiger partial charge in [-0.25, -0.2) is 13.8 Å². The van der Waals surface area contributed by atoms with Crippen molar-refractivity contribution in [3.05, 3.63) is 77.9 Å². The molecule has 4 aromatic rings. The number of methoxy groups -OCH3 is 2. The Morgan fingerprint density at radius 1 is 0.925 bits per heavy atom. The molecule has 12 heteroatoms. The number of anilines is 1. The summed E-state index contributed by atoms with van der Waals surface area (Å²) in [5.74, 6) is -5.36. The molecule has 1 aliphatic carbocycles. The van der Waals surface area contributed by atoms with Crippen molar-refractivity contribution >= 4 is 11.5 Å². The van der Waals surface area contributed by atoms with Gasteiger partial charge in [0, 0.05) is 31.9 Å². The van der Waals surface area contributed by atoms with Gasteiger partial charge in [0.05, 0.1) is 26.1 Å². The van der Waals surface area contributed by atoms with Crippen LogP contribution in [0.25, 0.3) is 5.65 Å². The average molecular weight is 562 g/mol. The fourth-order valence-electron chi connectivity index (χ4n) is 5.11. The van der Waals surface area contributed by atoms with Crippen molar-refractivity contribution in [1.29, 1.82) is 0 Å². The lowest BCUT2D eigenvalue weighted by Crippen LogP contribution is -2.39. The van der Waals surface area contributed by atoms with E-state index < -0.39 is 43.2 Å². The van der Waals surface area contributed by atoms with Gasteiger partial charge in [-0.3, -0.25) is 4.40 Å². The van der Waals surface area contributed by atoms with Gasteiger partial charge < -0.3 is 14.4 Å². The molecule has 7 nitrogen and oxygen atoms in total. The van der Waals surface area contributed by atoms with Gasteiger partial charge in [0.2, 0.25) is 5.65 Å². The molecule has 0 spiro atoms. The third-order valence-corrected chi connectivity index (χ3v) is 7.33. The number of rotatable bonds is 8. The number of halogens is 5. The summed E-state index contributed by atoms with van der Waals surface area (Å²) in [7, 11) is 3.15. The van der Waals surface area contributed by atoms with Crippen LogP contribution in [0.2, 0.25) is 0 Å². The summed E-state index contributed by atoms with van der Waals surface area (Å²) < 4.78 is 82.3. The SMILES string of the molecule is COc1ccc(CN(Cc2ccc(OC)cc2)c2nccn3c(C4CC(C(F)(F)F)CCC4(F)F)nnc23)cc1. The van der Waals surface area contributed by atoms with Crippen molar-refractivity contribution in [3.63, 3.8) is 0 Å². The van der Waals surface area contributed by atoms with E-state index in [9.17, 15) is 22.0 Å². The van der Waals surface area contributed by atoms with E-state index in [0.717, 1.165) is 11.1 Å². The Bertz CT molecular complexity index is 1390. The van der Waals surface area contributed by atoms with Crippen molar-refractivity contribution in [2.45, 2.75) is 50.4 Å². The number of ether oxygens (including phenoxy) is 2. The van der Waals surface area contributed by atoms with Crippen LogP contribution in [-0.4, -0.2) is 45.9 Å². The summed E-state index contributed by atoms with van der Waals surface area (Å²) in [6, 6.07) is 14.9. The molecule has 1 fully saturated rings. The molecule has 2 unspecified atom stereocenters. The highest BCUT2D eigenvalue weighted by Gasteiger charge is 2.54. The van der Waals surface area contributed by atoms with Crippen LogP contribution in [0.3, 0.4) is 0 Å². The standard InChI is InChI=1S/C28H28F5N5O2/c1-39-21-7-3-18(4-8-21)16-37(17-19-5-9-22(40-2)10-6-19)25-26-36-35-24(38(26)14-13-34-25)23-15-20(28(31,32)33)11-12-27(23,29)30/h3-10,13-14,20,23H,11-12,15-17H2,1-2H3. The number of benzene rings is 2. The number of fused-ring (bicyclic) bond motifs is 1. The Labute approximate surface area is 227 Å². The molecular formula is C28H28F5N5O2. The first-order valence-corrected chi connectivity index (χ1v) is 12.7. The van der Waals surface area contributed by atoms with E-state index in [1.807, 2.05) is 53.4 Å². The molecule has 0 radical (unpaired) electrons. The Morgan fingerprint density at radius 2 is 1.50 bits per heavy atom. The molecule has 0 aliphatic heterocycles. The first-order chi connectivity index (χ1) is 19.1. The molecule has 0 saturated heterocycles. The Balaban J connectivity index is 1.53. The van der Waals surface area contributed by atoms with Crippen molar-refractivity contribution in [1.82, 2.24) is 19.6 Å². The Hall–Kier alpha value is -3.96. The molecular weight excluding hydrogens is 533 g/mol. The molecule has 0 amide bonds. The Kier molecular flexibility index (Phi) is 7.52. The lowest BCUT2D eigenvalue weighted by molar-refractivity contribution is -0.201. The van der Waals surface area contributed by atoms with Gasteiger partial charge in [-0.15, -0.1) is 10.2 Å². The fraction of sp³-hybridized carbons (Fsp3) is 0.393. The summed E-state index contributed by atoms with van der Waals surface area (Å²) in [6.45, 7) is 0.751. The molecule has 40 heavy (non-hydrogen) atoms. The molecule has 2 atom stereocenters. The van der Waals surface area contributed by atoms with E-state index in [0.29, 0.717) is 30.4 Å². The van der Waals surface area contributed by atoms with Crippen molar-refractivity contribution < 1.29 is 31.4 Å². The number of alkyl halides is 5. The molecule has 2 aromatic heterocycles. The monoisotopic (exact) mass is 561 g/mol. The maximum atomic E-state index is 15.0. The van der Waals surface area contributed by atoms with E-state index in [1.165, 1.54) is 16.8 Å². The van der Waals surface area contributed by atoms with Gasteiger partial charge >= 0.3 is 6.18 Å². The molecule has 0 N–H and O–H groups in total. The number of aromatic nitrogens is 4. The van der Waals surface area contributed by atoms with E-state index in [1.54, 1.807) is 14.2 Å². The predicted octanol–water partition coefficient (Wildman–Crippen LogP) is 6.43. The summed E-state index contributed by atoms with van der Waals surface area (Å²) in [6.07, 6.45) is -3.96. The van der Waals surface area contributed by atoms with Gasteiger partial charge in [-0.2, -0.15) is 13.2 Å². The number of hydrogen-bond donors (Lipinski definition) is 0. The first-order valence-electron chi connectivity index (χ1n) is 12.7. The number of hydrogen-bond acceptors (Lipinski definition) is 6. The van der Waals surface area contributed by atoms with Crippen LogP contribution >= 0.6 is 0 Å². The molecule has 1 aliphatic rings. The molecule has 1 saturated carbocycles. The number of nitrogens with zero attached hydrogens (tertiary/aromatic N) is 5. The van der Waals surface area contributed by atoms with E-state index in [-0.39, 0.29) is 11.5 Å². The second-order valence-corrected chi connectivity index (χ2v) is 9.88. The van der Waals surface area contributed by atoms with Gasteiger partial charge in [0.1, 0.15) is 17.3 Å². The minimum atomic E-state index is -4.56. The summed E-state index contributed by atoms with van der Waals surface area (Å²) in [5, 5.41) is 8.16. The highest BCUT2D eigenvalue weighted by molar-refractivity contribution is 5.64. The zero-order valence-corrected chi connectivity index (χ0v) is 21.9. The van der Waals surface area contributed by atoms with Crippen LogP contribution < -0.4 is 14.4 Å². The topological polar surface area (TPSA) is 64.8 Å². The highest BCUT2D eigenvalue weighted by atomic mass is 19.4. The average Bonchev–Trinajstić information content (AvgIpc) is 3.36. The third-order valence-electron chi connectivity index (χ3n) is 7.33. The Morgan fingerprint density at radius 3 is 2.02 bits per heavy atom. The second-order valence-electron chi connectivity index (χ2n) is 9.88. The zero-order chi connectivity index (χ0) is 28.5. The predicted molar refractivity (Wildman–Crippen MR) is 138 cm³/mol. The molecule has 2 heterocycles. The van der Waals surface area contributed by atoms with Crippen LogP contribution in [0, 0.1) is 5.92 Å². The minimum Gasteiger partial charge on any atom is -0.497 e. The zero-order valence-electron chi connectivity index (χ0n) is 21.9. The summed E-state index contributed by atoms with van der Waals surface area (Å²) in [5.41, 5.74) is 2.03. The molecule has 0 bridgehead atoms. The van der Waals surface area contributed by atoms with E-state index >= 15 is 0 Å². The van der Waals surface area contributed by atoms with Gasteiger partial charge in [-0.1, -0.05) is 24.3 Å². The first kappa shape index (κ1) is 27.6. The fourth-order valence-corrected chi connectivity index (χ4v) is 5.11. The van der Waals surface area contributed by atoms with Gasteiger partial charge in [-0.05, 0) is 48.2 Å². The third kappa shape index (κ3) is 5.66.